The van der Waals surface area contributed by atoms with E-state index in [0.29, 0.717) is 6.54 Å². The summed E-state index contributed by atoms with van der Waals surface area (Å²) in [6.45, 7) is 8.96. The van der Waals surface area contributed by atoms with Crippen molar-refractivity contribution in [1.82, 2.24) is 9.97 Å². The van der Waals surface area contributed by atoms with Gasteiger partial charge < -0.3 is 15.3 Å². The van der Waals surface area contributed by atoms with Gasteiger partial charge in [-0.25, -0.2) is 9.97 Å². The van der Waals surface area contributed by atoms with Gasteiger partial charge in [-0.3, -0.25) is 0 Å². The molecule has 0 aliphatic rings. The summed E-state index contributed by atoms with van der Waals surface area (Å²) in [5.41, 5.74) is 1.17. The molecule has 20 heavy (non-hydrogen) atoms. The number of nitrogens with one attached hydrogen (secondary N) is 1. The van der Waals surface area contributed by atoms with Gasteiger partial charge in [0.25, 0.3) is 0 Å². The third kappa shape index (κ3) is 4.63. The van der Waals surface area contributed by atoms with Crippen LogP contribution >= 0.6 is 0 Å². The lowest BCUT2D eigenvalue weighted by molar-refractivity contribution is 0.301. The first-order valence-corrected chi connectivity index (χ1v) is 7.71. The van der Waals surface area contributed by atoms with E-state index >= 15 is 0 Å². The lowest BCUT2D eigenvalue weighted by atomic mass is 10.1. The highest BCUT2D eigenvalue weighted by atomic mass is 16.3. The molecule has 0 spiro atoms. The number of aromatic nitrogens is 2. The third-order valence-corrected chi connectivity index (χ3v) is 3.22. The number of hydrogen-bond acceptors (Lipinski definition) is 5. The lowest BCUT2D eigenvalue weighted by Crippen LogP contribution is -2.30. The van der Waals surface area contributed by atoms with Crippen LogP contribution in [0.1, 0.15) is 45.6 Å². The maximum absolute atomic E-state index is 9.29. The van der Waals surface area contributed by atoms with Crippen molar-refractivity contribution in [3.63, 3.8) is 0 Å². The molecule has 0 radical (unpaired) electrons. The smallest absolute Gasteiger partial charge is 0.137 e. The largest absolute Gasteiger partial charge is 0.395 e. The topological polar surface area (TPSA) is 61.3 Å². The summed E-state index contributed by atoms with van der Waals surface area (Å²) < 4.78 is 0. The van der Waals surface area contributed by atoms with Crippen LogP contribution in [-0.2, 0) is 6.42 Å². The molecule has 0 atom stereocenters. The van der Waals surface area contributed by atoms with Gasteiger partial charge in [0, 0.05) is 25.2 Å². The third-order valence-electron chi connectivity index (χ3n) is 3.22. The molecular weight excluding hydrogens is 252 g/mol. The van der Waals surface area contributed by atoms with Gasteiger partial charge in [0.15, 0.2) is 0 Å². The molecule has 1 aromatic rings. The van der Waals surface area contributed by atoms with Crippen LogP contribution in [0.3, 0.4) is 0 Å². The summed E-state index contributed by atoms with van der Waals surface area (Å²) in [6, 6.07) is 0. The van der Waals surface area contributed by atoms with Gasteiger partial charge in [-0.1, -0.05) is 26.7 Å². The van der Waals surface area contributed by atoms with E-state index < -0.39 is 0 Å². The number of unbranched alkanes of at least 4 members (excludes halogenated alkanes) is 1. The van der Waals surface area contributed by atoms with E-state index in [1.165, 1.54) is 5.56 Å². The quantitative estimate of drug-likeness (QED) is 0.689. The molecule has 1 aromatic heterocycles. The Bertz CT molecular complexity index is 384. The fraction of sp³-hybridized carbons (Fsp3) is 0.733. The minimum atomic E-state index is 0.149. The van der Waals surface area contributed by atoms with Crippen molar-refractivity contribution < 1.29 is 5.11 Å². The molecule has 1 rings (SSSR count). The van der Waals surface area contributed by atoms with Crippen LogP contribution in [0.2, 0.25) is 0 Å². The number of nitrogens with zero attached hydrogens (tertiary/aromatic N) is 3. The highest BCUT2D eigenvalue weighted by molar-refractivity contribution is 5.58. The Morgan fingerprint density at radius 1 is 1.15 bits per heavy atom. The van der Waals surface area contributed by atoms with E-state index in [-0.39, 0.29) is 6.61 Å². The first-order chi connectivity index (χ1) is 9.78. The molecule has 0 saturated heterocycles. The zero-order chi connectivity index (χ0) is 14.8. The molecule has 114 valence electrons. The van der Waals surface area contributed by atoms with Crippen LogP contribution < -0.4 is 10.2 Å². The number of rotatable bonds is 10. The Morgan fingerprint density at radius 3 is 2.55 bits per heavy atom. The summed E-state index contributed by atoms with van der Waals surface area (Å²) in [5, 5.41) is 12.6. The normalized spacial score (nSPS) is 10.6. The Hall–Kier alpha value is -1.36. The number of hydrogen-bond donors (Lipinski definition) is 2. The van der Waals surface area contributed by atoms with E-state index in [9.17, 15) is 5.11 Å². The summed E-state index contributed by atoms with van der Waals surface area (Å²) in [6.07, 6.45) is 5.86. The van der Waals surface area contributed by atoms with Crippen molar-refractivity contribution >= 4 is 11.6 Å². The van der Waals surface area contributed by atoms with Crippen LogP contribution in [0.4, 0.5) is 11.6 Å². The minimum absolute atomic E-state index is 0.149. The first-order valence-electron chi connectivity index (χ1n) is 7.71. The molecule has 1 heterocycles. The van der Waals surface area contributed by atoms with Crippen molar-refractivity contribution in [2.24, 2.45) is 0 Å². The maximum Gasteiger partial charge on any atom is 0.137 e. The van der Waals surface area contributed by atoms with E-state index in [4.69, 9.17) is 0 Å². The molecule has 0 saturated carbocycles. The highest BCUT2D eigenvalue weighted by Crippen LogP contribution is 2.25. The maximum atomic E-state index is 9.29. The predicted molar refractivity (Wildman–Crippen MR) is 84.4 cm³/mol. The summed E-state index contributed by atoms with van der Waals surface area (Å²) in [5.74, 6) is 1.90. The van der Waals surface area contributed by atoms with Gasteiger partial charge >= 0.3 is 0 Å². The van der Waals surface area contributed by atoms with Crippen molar-refractivity contribution in [3.8, 4) is 0 Å². The van der Waals surface area contributed by atoms with Gasteiger partial charge in [0.2, 0.25) is 0 Å². The minimum Gasteiger partial charge on any atom is -0.395 e. The van der Waals surface area contributed by atoms with Crippen LogP contribution in [-0.4, -0.2) is 41.3 Å². The standard InChI is InChI=1S/C15H28N4O/c1-4-7-9-19(10-11-20)15-13(8-5-2)14(16-6-3)17-12-18-15/h12,20H,4-11H2,1-3H3,(H,16,17,18). The second-order valence-corrected chi connectivity index (χ2v) is 4.87. The summed E-state index contributed by atoms with van der Waals surface area (Å²) in [7, 11) is 0. The van der Waals surface area contributed by atoms with Gasteiger partial charge in [-0.2, -0.15) is 0 Å². The second-order valence-electron chi connectivity index (χ2n) is 4.87. The van der Waals surface area contributed by atoms with Crippen LogP contribution in [0.25, 0.3) is 0 Å². The number of anilines is 2. The Morgan fingerprint density at radius 2 is 1.95 bits per heavy atom. The fourth-order valence-electron chi connectivity index (χ4n) is 2.27. The molecule has 2 N–H and O–H groups in total. The number of aliphatic hydroxyl groups excluding tert-OH is 1. The van der Waals surface area contributed by atoms with Crippen molar-refractivity contribution in [2.75, 3.05) is 36.5 Å². The average Bonchev–Trinajstić information content (AvgIpc) is 2.46. The first kappa shape index (κ1) is 16.7. The van der Waals surface area contributed by atoms with E-state index in [1.807, 2.05) is 0 Å². The van der Waals surface area contributed by atoms with Crippen LogP contribution in [0.15, 0.2) is 6.33 Å². The van der Waals surface area contributed by atoms with Gasteiger partial charge in [0.1, 0.15) is 18.0 Å². The highest BCUT2D eigenvalue weighted by Gasteiger charge is 2.16. The molecule has 0 unspecified atom stereocenters. The van der Waals surface area contributed by atoms with Gasteiger partial charge in [-0.15, -0.1) is 0 Å². The molecule has 0 fully saturated rings. The van der Waals surface area contributed by atoms with Crippen LogP contribution in [0, 0.1) is 0 Å². The second kappa shape index (κ2) is 9.53. The number of aliphatic hydroxyl groups is 1. The molecular formula is C15H28N4O. The van der Waals surface area contributed by atoms with E-state index in [2.05, 4.69) is 41.0 Å². The zero-order valence-corrected chi connectivity index (χ0v) is 13.0. The summed E-state index contributed by atoms with van der Waals surface area (Å²) in [4.78, 5) is 11.0. The molecule has 0 aliphatic carbocycles. The Balaban J connectivity index is 3.06. The molecule has 0 amide bonds. The van der Waals surface area contributed by atoms with Gasteiger partial charge in [-0.05, 0) is 19.8 Å². The molecule has 0 bridgehead atoms. The summed E-state index contributed by atoms with van der Waals surface area (Å²) >= 11 is 0. The molecule has 0 aromatic carbocycles. The Labute approximate surface area is 122 Å². The van der Waals surface area contributed by atoms with Crippen LogP contribution in [0.5, 0.6) is 0 Å². The molecule has 5 heteroatoms. The van der Waals surface area contributed by atoms with Gasteiger partial charge in [0.05, 0.1) is 6.61 Å². The van der Waals surface area contributed by atoms with Crippen molar-refractivity contribution in [1.29, 1.82) is 0 Å². The molecule has 5 nitrogen and oxygen atoms in total. The van der Waals surface area contributed by atoms with E-state index in [0.717, 1.165) is 50.4 Å². The zero-order valence-electron chi connectivity index (χ0n) is 13.0. The van der Waals surface area contributed by atoms with Crippen molar-refractivity contribution in [3.05, 3.63) is 11.9 Å². The fourth-order valence-corrected chi connectivity index (χ4v) is 2.27. The Kier molecular flexibility index (Phi) is 7.95. The van der Waals surface area contributed by atoms with E-state index in [1.54, 1.807) is 6.33 Å². The SMILES string of the molecule is CCCCN(CCO)c1ncnc(NCC)c1CCC. The predicted octanol–water partition coefficient (Wildman–Crippen LogP) is 2.46. The average molecular weight is 280 g/mol. The lowest BCUT2D eigenvalue weighted by Gasteiger charge is -2.26. The molecule has 0 aliphatic heterocycles. The van der Waals surface area contributed by atoms with Crippen molar-refractivity contribution in [2.45, 2.75) is 46.5 Å². The monoisotopic (exact) mass is 280 g/mol.